The number of aromatic amines is 1. The van der Waals surface area contributed by atoms with E-state index in [1.165, 1.54) is 0 Å². The van der Waals surface area contributed by atoms with Crippen molar-refractivity contribution >= 4 is 39.7 Å². The number of benzene rings is 2. The molecule has 0 saturated carbocycles. The van der Waals surface area contributed by atoms with Gasteiger partial charge in [0, 0.05) is 10.0 Å². The third-order valence-electron chi connectivity index (χ3n) is 2.85. The van der Waals surface area contributed by atoms with Crippen molar-refractivity contribution in [3.05, 3.63) is 62.8 Å². The van der Waals surface area contributed by atoms with Crippen LogP contribution >= 0.6 is 39.7 Å². The molecule has 1 heterocycles. The smallest absolute Gasteiger partial charge is 0.200 e. The number of rotatable bonds is 2. The molecule has 0 amide bonds. The molecule has 0 aliphatic rings. The van der Waals surface area contributed by atoms with E-state index in [1.54, 1.807) is 0 Å². The predicted octanol–water partition coefficient (Wildman–Crippen LogP) is 5.01. The van der Waals surface area contributed by atoms with Gasteiger partial charge < -0.3 is 0 Å². The maximum Gasteiger partial charge on any atom is 0.200 e. The molecular formula is C14H9BrClN3S. The van der Waals surface area contributed by atoms with Crippen LogP contribution in [-0.2, 0) is 0 Å². The molecule has 1 N–H and O–H groups in total. The van der Waals surface area contributed by atoms with Crippen LogP contribution < -0.4 is 0 Å². The normalized spacial score (nSPS) is 10.7. The number of aromatic nitrogens is 3. The van der Waals surface area contributed by atoms with E-state index < -0.39 is 0 Å². The fourth-order valence-electron chi connectivity index (χ4n) is 1.96. The summed E-state index contributed by atoms with van der Waals surface area (Å²) >= 11 is 15.1. The first-order chi connectivity index (χ1) is 9.66. The van der Waals surface area contributed by atoms with E-state index >= 15 is 0 Å². The third kappa shape index (κ3) is 2.44. The Bertz CT molecular complexity index is 811. The molecule has 0 unspecified atom stereocenters. The van der Waals surface area contributed by atoms with E-state index in [9.17, 15) is 0 Å². The summed E-state index contributed by atoms with van der Waals surface area (Å²) in [6.07, 6.45) is 0. The summed E-state index contributed by atoms with van der Waals surface area (Å²) in [5, 5.41) is 7.74. The zero-order valence-corrected chi connectivity index (χ0v) is 13.3. The zero-order valence-electron chi connectivity index (χ0n) is 10.2. The molecule has 1 aromatic heterocycles. The molecule has 0 aliphatic heterocycles. The van der Waals surface area contributed by atoms with Crippen molar-refractivity contribution in [1.29, 1.82) is 0 Å². The monoisotopic (exact) mass is 365 g/mol. The number of nitrogens with one attached hydrogen (secondary N) is 1. The van der Waals surface area contributed by atoms with Crippen LogP contribution in [0.5, 0.6) is 0 Å². The first-order valence-electron chi connectivity index (χ1n) is 5.85. The standard InChI is InChI=1S/C14H9BrClN3S/c15-10-6-7-11(16)12(8-10)19-13(17-18-14(19)20)9-4-2-1-3-5-9/h1-8H,(H,18,20). The van der Waals surface area contributed by atoms with Gasteiger partial charge in [0.05, 0.1) is 10.7 Å². The Balaban J connectivity index is 2.27. The maximum absolute atomic E-state index is 6.29. The Labute approximate surface area is 134 Å². The molecule has 0 saturated heterocycles. The minimum atomic E-state index is 0.504. The van der Waals surface area contributed by atoms with Crippen LogP contribution in [0.25, 0.3) is 17.1 Å². The number of halogens is 2. The Morgan fingerprint density at radius 3 is 2.65 bits per heavy atom. The quantitative estimate of drug-likeness (QED) is 0.647. The van der Waals surface area contributed by atoms with Crippen molar-refractivity contribution < 1.29 is 0 Å². The maximum atomic E-state index is 6.29. The first kappa shape index (κ1) is 13.5. The lowest BCUT2D eigenvalue weighted by Gasteiger charge is -2.09. The van der Waals surface area contributed by atoms with E-state index in [0.717, 1.165) is 21.5 Å². The lowest BCUT2D eigenvalue weighted by molar-refractivity contribution is 1.03. The minimum absolute atomic E-state index is 0.504. The van der Waals surface area contributed by atoms with Gasteiger partial charge in [0.1, 0.15) is 0 Å². The second-order valence-electron chi connectivity index (χ2n) is 4.15. The van der Waals surface area contributed by atoms with Crippen LogP contribution in [-0.4, -0.2) is 14.8 Å². The van der Waals surface area contributed by atoms with Gasteiger partial charge in [-0.25, -0.2) is 0 Å². The Morgan fingerprint density at radius 1 is 1.15 bits per heavy atom. The van der Waals surface area contributed by atoms with E-state index in [-0.39, 0.29) is 0 Å². The van der Waals surface area contributed by atoms with Crippen molar-refractivity contribution in [2.75, 3.05) is 0 Å². The third-order valence-corrected chi connectivity index (χ3v) is 3.94. The van der Waals surface area contributed by atoms with Crippen molar-refractivity contribution in [2.24, 2.45) is 0 Å². The average Bonchev–Trinajstić information content (AvgIpc) is 2.84. The average molecular weight is 367 g/mol. The molecule has 2 aromatic carbocycles. The minimum Gasteiger partial charge on any atom is -0.267 e. The second-order valence-corrected chi connectivity index (χ2v) is 5.86. The molecule has 0 atom stereocenters. The highest BCUT2D eigenvalue weighted by atomic mass is 79.9. The summed E-state index contributed by atoms with van der Waals surface area (Å²) in [5.74, 6) is 0.732. The van der Waals surface area contributed by atoms with Gasteiger partial charge in [-0.15, -0.1) is 0 Å². The molecule has 6 heteroatoms. The Kier molecular flexibility index (Phi) is 3.74. The summed E-state index contributed by atoms with van der Waals surface area (Å²) in [6.45, 7) is 0. The van der Waals surface area contributed by atoms with Gasteiger partial charge in [0.15, 0.2) is 10.6 Å². The van der Waals surface area contributed by atoms with E-state index in [4.69, 9.17) is 23.8 Å². The van der Waals surface area contributed by atoms with Crippen LogP contribution in [0.2, 0.25) is 5.02 Å². The van der Waals surface area contributed by atoms with Gasteiger partial charge in [-0.2, -0.15) is 5.10 Å². The van der Waals surface area contributed by atoms with Crippen molar-refractivity contribution in [3.8, 4) is 17.1 Å². The van der Waals surface area contributed by atoms with Gasteiger partial charge in [0.25, 0.3) is 0 Å². The highest BCUT2D eigenvalue weighted by Crippen LogP contribution is 2.28. The summed E-state index contributed by atoms with van der Waals surface area (Å²) in [7, 11) is 0. The zero-order chi connectivity index (χ0) is 14.1. The largest absolute Gasteiger partial charge is 0.267 e. The van der Waals surface area contributed by atoms with E-state index in [0.29, 0.717) is 9.79 Å². The van der Waals surface area contributed by atoms with Gasteiger partial charge in [0.2, 0.25) is 0 Å². The van der Waals surface area contributed by atoms with Crippen LogP contribution in [0, 0.1) is 4.77 Å². The molecule has 0 radical (unpaired) electrons. The number of hydrogen-bond donors (Lipinski definition) is 1. The lowest BCUT2D eigenvalue weighted by Crippen LogP contribution is -1.98. The topological polar surface area (TPSA) is 33.6 Å². The van der Waals surface area contributed by atoms with Crippen molar-refractivity contribution in [3.63, 3.8) is 0 Å². The van der Waals surface area contributed by atoms with Gasteiger partial charge >= 0.3 is 0 Å². The molecule has 20 heavy (non-hydrogen) atoms. The van der Waals surface area contributed by atoms with Gasteiger partial charge in [-0.1, -0.05) is 57.9 Å². The van der Waals surface area contributed by atoms with Crippen LogP contribution in [0.1, 0.15) is 0 Å². The molecule has 0 bridgehead atoms. The molecule has 3 nitrogen and oxygen atoms in total. The summed E-state index contributed by atoms with van der Waals surface area (Å²) < 4.78 is 3.26. The van der Waals surface area contributed by atoms with E-state index in [1.807, 2.05) is 53.1 Å². The fraction of sp³-hybridized carbons (Fsp3) is 0. The van der Waals surface area contributed by atoms with Crippen LogP contribution in [0.4, 0.5) is 0 Å². The molecule has 0 fully saturated rings. The Morgan fingerprint density at radius 2 is 1.90 bits per heavy atom. The molecule has 3 aromatic rings. The fourth-order valence-corrected chi connectivity index (χ4v) is 2.74. The number of hydrogen-bond acceptors (Lipinski definition) is 2. The SMILES string of the molecule is S=c1[nH]nc(-c2ccccc2)n1-c1cc(Br)ccc1Cl. The lowest BCUT2D eigenvalue weighted by atomic mass is 10.2. The van der Waals surface area contributed by atoms with Crippen molar-refractivity contribution in [2.45, 2.75) is 0 Å². The van der Waals surface area contributed by atoms with Gasteiger partial charge in [-0.05, 0) is 30.4 Å². The highest BCUT2D eigenvalue weighted by molar-refractivity contribution is 9.10. The number of nitrogens with zero attached hydrogens (tertiary/aromatic N) is 2. The van der Waals surface area contributed by atoms with Crippen LogP contribution in [0.3, 0.4) is 0 Å². The summed E-state index contributed by atoms with van der Waals surface area (Å²) in [4.78, 5) is 0. The molecular weight excluding hydrogens is 358 g/mol. The molecule has 0 aliphatic carbocycles. The summed E-state index contributed by atoms with van der Waals surface area (Å²) in [5.41, 5.74) is 1.76. The van der Waals surface area contributed by atoms with Crippen molar-refractivity contribution in [1.82, 2.24) is 14.8 Å². The van der Waals surface area contributed by atoms with E-state index in [2.05, 4.69) is 26.1 Å². The van der Waals surface area contributed by atoms with Crippen LogP contribution in [0.15, 0.2) is 53.0 Å². The first-order valence-corrected chi connectivity index (χ1v) is 7.43. The molecule has 3 rings (SSSR count). The molecule has 0 spiro atoms. The summed E-state index contributed by atoms with van der Waals surface area (Å²) in [6, 6.07) is 15.5. The number of H-pyrrole nitrogens is 1. The second kappa shape index (κ2) is 5.52. The van der Waals surface area contributed by atoms with Gasteiger partial charge in [-0.3, -0.25) is 9.67 Å². The predicted molar refractivity (Wildman–Crippen MR) is 86.9 cm³/mol. The molecule has 100 valence electrons. The Hall–Kier alpha value is -1.43. The highest BCUT2D eigenvalue weighted by Gasteiger charge is 2.13.